The molecule has 0 radical (unpaired) electrons. The van der Waals surface area contributed by atoms with E-state index in [1.165, 1.54) is 4.68 Å². The normalized spacial score (nSPS) is 10.1. The minimum atomic E-state index is 0.242. The molecule has 1 aromatic carbocycles. The second-order valence-corrected chi connectivity index (χ2v) is 3.93. The van der Waals surface area contributed by atoms with Crippen molar-refractivity contribution in [3.8, 4) is 17.6 Å². The van der Waals surface area contributed by atoms with Gasteiger partial charge in [0.2, 0.25) is 0 Å². The van der Waals surface area contributed by atoms with Gasteiger partial charge in [0.25, 0.3) is 5.88 Å². The van der Waals surface area contributed by atoms with Crippen LogP contribution in [0.4, 0.5) is 5.82 Å². The molecule has 0 aliphatic carbocycles. The summed E-state index contributed by atoms with van der Waals surface area (Å²) in [6.45, 7) is 2.24. The highest BCUT2D eigenvalue weighted by Gasteiger charge is 2.17. The number of nitriles is 1. The molecule has 0 bridgehead atoms. The second kappa shape index (κ2) is 4.98. The van der Waals surface area contributed by atoms with Crippen LogP contribution in [-0.4, -0.2) is 16.4 Å². The first-order valence-corrected chi connectivity index (χ1v) is 5.72. The Bertz CT molecular complexity index is 598. The highest BCUT2D eigenvalue weighted by molar-refractivity contribution is 6.30. The summed E-state index contributed by atoms with van der Waals surface area (Å²) in [5.41, 5.74) is 6.84. The van der Waals surface area contributed by atoms with Gasteiger partial charge in [-0.1, -0.05) is 11.6 Å². The Labute approximate surface area is 109 Å². The molecule has 6 heteroatoms. The number of hydrogen-bond acceptors (Lipinski definition) is 4. The summed E-state index contributed by atoms with van der Waals surface area (Å²) in [4.78, 5) is 0. The van der Waals surface area contributed by atoms with Crippen molar-refractivity contribution in [2.75, 3.05) is 12.3 Å². The zero-order valence-corrected chi connectivity index (χ0v) is 10.5. The van der Waals surface area contributed by atoms with Gasteiger partial charge in [0.15, 0.2) is 5.56 Å². The zero-order valence-electron chi connectivity index (χ0n) is 9.72. The van der Waals surface area contributed by atoms with E-state index in [1.54, 1.807) is 24.3 Å². The van der Waals surface area contributed by atoms with Gasteiger partial charge in [-0.15, -0.1) is 5.10 Å². The van der Waals surface area contributed by atoms with Crippen LogP contribution in [0.2, 0.25) is 5.02 Å². The molecule has 1 aromatic heterocycles. The Morgan fingerprint density at radius 2 is 2.11 bits per heavy atom. The lowest BCUT2D eigenvalue weighted by Crippen LogP contribution is -2.02. The minimum absolute atomic E-state index is 0.242. The van der Waals surface area contributed by atoms with Crippen LogP contribution in [0.1, 0.15) is 12.5 Å². The molecule has 2 rings (SSSR count). The Hall–Kier alpha value is -2.19. The number of aromatic nitrogens is 2. The average molecular weight is 263 g/mol. The molecule has 1 heterocycles. The van der Waals surface area contributed by atoms with E-state index in [-0.39, 0.29) is 17.3 Å². The van der Waals surface area contributed by atoms with Gasteiger partial charge in [-0.3, -0.25) is 0 Å². The maximum absolute atomic E-state index is 9.05. The number of halogens is 1. The van der Waals surface area contributed by atoms with E-state index < -0.39 is 0 Å². The molecule has 0 aliphatic rings. The van der Waals surface area contributed by atoms with Crippen molar-refractivity contribution < 1.29 is 4.74 Å². The predicted octanol–water partition coefficient (Wildman–Crippen LogP) is 2.38. The molecule has 18 heavy (non-hydrogen) atoms. The summed E-state index contributed by atoms with van der Waals surface area (Å²) in [6.07, 6.45) is 0. The molecule has 0 saturated heterocycles. The van der Waals surface area contributed by atoms with Crippen LogP contribution in [0.5, 0.6) is 5.88 Å². The van der Waals surface area contributed by atoms with Crippen LogP contribution in [0.25, 0.3) is 5.69 Å². The lowest BCUT2D eigenvalue weighted by Gasteiger charge is -2.03. The van der Waals surface area contributed by atoms with Crippen molar-refractivity contribution in [2.24, 2.45) is 0 Å². The standard InChI is InChI=1S/C12H11ClN4O/c1-2-18-12-10(7-14)11(15)17(16-12)9-5-3-8(13)4-6-9/h3-6H,2,15H2,1H3. The van der Waals surface area contributed by atoms with Crippen molar-refractivity contribution in [1.82, 2.24) is 9.78 Å². The zero-order chi connectivity index (χ0) is 13.1. The number of nitrogen functional groups attached to an aromatic ring is 1. The van der Waals surface area contributed by atoms with Gasteiger partial charge in [-0.05, 0) is 31.2 Å². The maximum atomic E-state index is 9.05. The van der Waals surface area contributed by atoms with Crippen LogP contribution < -0.4 is 10.5 Å². The third kappa shape index (κ3) is 2.11. The summed E-state index contributed by atoms with van der Waals surface area (Å²) in [5.74, 6) is 0.496. The smallest absolute Gasteiger partial charge is 0.253 e. The van der Waals surface area contributed by atoms with E-state index >= 15 is 0 Å². The first kappa shape index (κ1) is 12.3. The molecule has 0 saturated carbocycles. The largest absolute Gasteiger partial charge is 0.476 e. The lowest BCUT2D eigenvalue weighted by atomic mass is 10.3. The molecule has 0 unspecified atom stereocenters. The van der Waals surface area contributed by atoms with Gasteiger partial charge < -0.3 is 10.5 Å². The second-order valence-electron chi connectivity index (χ2n) is 3.50. The van der Waals surface area contributed by atoms with Crippen molar-refractivity contribution >= 4 is 17.4 Å². The molecule has 2 aromatic rings. The molecule has 0 atom stereocenters. The quantitative estimate of drug-likeness (QED) is 0.921. The van der Waals surface area contributed by atoms with Gasteiger partial charge in [-0.2, -0.15) is 5.26 Å². The number of rotatable bonds is 3. The van der Waals surface area contributed by atoms with E-state index in [0.29, 0.717) is 11.6 Å². The van der Waals surface area contributed by atoms with E-state index in [0.717, 1.165) is 5.69 Å². The van der Waals surface area contributed by atoms with E-state index in [1.807, 2.05) is 13.0 Å². The fourth-order valence-corrected chi connectivity index (χ4v) is 1.66. The van der Waals surface area contributed by atoms with Gasteiger partial charge in [0, 0.05) is 5.02 Å². The number of benzene rings is 1. The SMILES string of the molecule is CCOc1nn(-c2ccc(Cl)cc2)c(N)c1C#N. The van der Waals surface area contributed by atoms with Gasteiger partial charge in [0.1, 0.15) is 11.9 Å². The summed E-state index contributed by atoms with van der Waals surface area (Å²) < 4.78 is 6.73. The van der Waals surface area contributed by atoms with Crippen LogP contribution in [0.15, 0.2) is 24.3 Å². The van der Waals surface area contributed by atoms with E-state index in [9.17, 15) is 0 Å². The molecular formula is C12H11ClN4O. The molecule has 92 valence electrons. The number of nitrogens with zero attached hydrogens (tertiary/aromatic N) is 3. The van der Waals surface area contributed by atoms with Gasteiger partial charge in [0.05, 0.1) is 12.3 Å². The van der Waals surface area contributed by atoms with Crippen LogP contribution >= 0.6 is 11.6 Å². The van der Waals surface area contributed by atoms with Crippen molar-refractivity contribution in [3.63, 3.8) is 0 Å². The van der Waals surface area contributed by atoms with Crippen molar-refractivity contribution in [1.29, 1.82) is 5.26 Å². The third-order valence-electron chi connectivity index (χ3n) is 2.35. The third-order valence-corrected chi connectivity index (χ3v) is 2.61. The number of nitrogens with two attached hydrogens (primary N) is 1. The van der Waals surface area contributed by atoms with E-state index in [2.05, 4.69) is 5.10 Å². The van der Waals surface area contributed by atoms with Crippen molar-refractivity contribution in [2.45, 2.75) is 6.92 Å². The summed E-state index contributed by atoms with van der Waals surface area (Å²) in [6, 6.07) is 8.98. The monoisotopic (exact) mass is 262 g/mol. The molecule has 2 N–H and O–H groups in total. The molecule has 0 amide bonds. The minimum Gasteiger partial charge on any atom is -0.476 e. The van der Waals surface area contributed by atoms with Crippen LogP contribution in [0, 0.1) is 11.3 Å². The maximum Gasteiger partial charge on any atom is 0.253 e. The van der Waals surface area contributed by atoms with Gasteiger partial charge >= 0.3 is 0 Å². The number of anilines is 1. The molecule has 5 nitrogen and oxygen atoms in total. The summed E-state index contributed by atoms with van der Waals surface area (Å²) in [7, 11) is 0. The number of ether oxygens (including phenoxy) is 1. The fourth-order valence-electron chi connectivity index (χ4n) is 1.53. The first-order valence-electron chi connectivity index (χ1n) is 5.34. The summed E-state index contributed by atoms with van der Waals surface area (Å²) in [5, 5.41) is 13.8. The Morgan fingerprint density at radius 1 is 1.44 bits per heavy atom. The fraction of sp³-hybridized carbons (Fsp3) is 0.167. The molecular weight excluding hydrogens is 252 g/mol. The lowest BCUT2D eigenvalue weighted by molar-refractivity contribution is 0.323. The van der Waals surface area contributed by atoms with Crippen molar-refractivity contribution in [3.05, 3.63) is 34.9 Å². The van der Waals surface area contributed by atoms with Gasteiger partial charge in [-0.25, -0.2) is 4.68 Å². The van der Waals surface area contributed by atoms with E-state index in [4.69, 9.17) is 27.3 Å². The highest BCUT2D eigenvalue weighted by atomic mass is 35.5. The first-order chi connectivity index (χ1) is 8.67. The van der Waals surface area contributed by atoms with Crippen LogP contribution in [0.3, 0.4) is 0 Å². The molecule has 0 fully saturated rings. The molecule has 0 aliphatic heterocycles. The Kier molecular flexibility index (Phi) is 3.40. The number of hydrogen-bond donors (Lipinski definition) is 1. The summed E-state index contributed by atoms with van der Waals surface area (Å²) >= 11 is 5.81. The average Bonchev–Trinajstić information content (AvgIpc) is 2.67. The molecule has 0 spiro atoms. The topological polar surface area (TPSA) is 76.9 Å². The Morgan fingerprint density at radius 3 is 2.67 bits per heavy atom. The van der Waals surface area contributed by atoms with Crippen LogP contribution in [-0.2, 0) is 0 Å². The Balaban J connectivity index is 2.52. The highest BCUT2D eigenvalue weighted by Crippen LogP contribution is 2.26. The predicted molar refractivity (Wildman–Crippen MR) is 68.9 cm³/mol.